The summed E-state index contributed by atoms with van der Waals surface area (Å²) < 4.78 is 0. The van der Waals surface area contributed by atoms with Crippen LogP contribution in [0.3, 0.4) is 0 Å². The van der Waals surface area contributed by atoms with Gasteiger partial charge in [0.25, 0.3) is 0 Å². The molecule has 0 aromatic heterocycles. The maximum absolute atomic E-state index is 9.18. The van der Waals surface area contributed by atoms with Gasteiger partial charge >= 0.3 is 0 Å². The highest BCUT2D eigenvalue weighted by Crippen LogP contribution is 2.28. The van der Waals surface area contributed by atoms with Crippen LogP contribution < -0.4 is 11.5 Å². The van der Waals surface area contributed by atoms with E-state index in [0.29, 0.717) is 19.4 Å². The number of aliphatic hydroxyl groups is 1. The first-order chi connectivity index (χ1) is 3.66. The Balaban J connectivity index is 2.30. The van der Waals surface area contributed by atoms with Crippen molar-refractivity contribution >= 4 is 0 Å². The molecule has 1 saturated carbocycles. The Morgan fingerprint density at radius 3 is 2.25 bits per heavy atom. The monoisotopic (exact) mass is 116 g/mol. The highest BCUT2D eigenvalue weighted by atomic mass is 16.3. The van der Waals surface area contributed by atoms with Gasteiger partial charge in [-0.05, 0) is 12.8 Å². The topological polar surface area (TPSA) is 72.3 Å². The molecule has 1 aliphatic carbocycles. The average molecular weight is 116 g/mol. The van der Waals surface area contributed by atoms with Gasteiger partial charge in [0.2, 0.25) is 0 Å². The molecule has 0 atom stereocenters. The van der Waals surface area contributed by atoms with E-state index in [0.717, 1.165) is 0 Å². The first kappa shape index (κ1) is 6.01. The predicted octanol–water partition coefficient (Wildman–Crippen LogP) is -1.20. The summed E-state index contributed by atoms with van der Waals surface area (Å²) in [5.41, 5.74) is 10.0. The molecule has 5 N–H and O–H groups in total. The van der Waals surface area contributed by atoms with E-state index in [1.807, 2.05) is 0 Å². The Kier molecular flexibility index (Phi) is 1.27. The quantitative estimate of drug-likeness (QED) is 0.403. The van der Waals surface area contributed by atoms with Gasteiger partial charge in [0.1, 0.15) is 0 Å². The minimum absolute atomic E-state index is 0.184. The molecule has 0 spiro atoms. The van der Waals surface area contributed by atoms with Crippen molar-refractivity contribution in [3.8, 4) is 0 Å². The summed E-state index contributed by atoms with van der Waals surface area (Å²) in [6, 6.07) is 0.184. The van der Waals surface area contributed by atoms with Crippen LogP contribution in [0.15, 0.2) is 0 Å². The molecule has 48 valence electrons. The Bertz CT molecular complexity index is 88.4. The Morgan fingerprint density at radius 1 is 1.62 bits per heavy atom. The zero-order chi connectivity index (χ0) is 6.20. The minimum atomic E-state index is -0.612. The van der Waals surface area contributed by atoms with Gasteiger partial charge in [-0.2, -0.15) is 0 Å². The lowest BCUT2D eigenvalue weighted by atomic mass is 9.76. The van der Waals surface area contributed by atoms with Crippen LogP contribution in [-0.4, -0.2) is 23.3 Å². The molecule has 0 saturated heterocycles. The molecule has 8 heavy (non-hydrogen) atoms. The lowest BCUT2D eigenvalue weighted by Crippen LogP contribution is -2.55. The lowest BCUT2D eigenvalue weighted by Gasteiger charge is -2.40. The number of nitrogens with two attached hydrogens (primary N) is 2. The minimum Gasteiger partial charge on any atom is -0.388 e. The molecule has 3 heteroatoms. The standard InChI is InChI=1S/C5H12N2O/c6-3-5(8)1-4(7)2-5/h4,8H,1-3,6-7H2. The van der Waals surface area contributed by atoms with Crippen LogP contribution in [0.1, 0.15) is 12.8 Å². The van der Waals surface area contributed by atoms with Crippen LogP contribution >= 0.6 is 0 Å². The summed E-state index contributed by atoms with van der Waals surface area (Å²) in [6.45, 7) is 0.348. The van der Waals surface area contributed by atoms with Crippen molar-refractivity contribution in [2.45, 2.75) is 24.5 Å². The van der Waals surface area contributed by atoms with E-state index in [1.54, 1.807) is 0 Å². The third-order valence-electron chi connectivity index (χ3n) is 1.66. The van der Waals surface area contributed by atoms with E-state index in [1.165, 1.54) is 0 Å². The Hall–Kier alpha value is -0.120. The molecule has 0 aliphatic heterocycles. The Labute approximate surface area is 48.7 Å². The number of rotatable bonds is 1. The average Bonchev–Trinajstić information content (AvgIpc) is 1.63. The third-order valence-corrected chi connectivity index (χ3v) is 1.66. The first-order valence-electron chi connectivity index (χ1n) is 2.84. The second-order valence-electron chi connectivity index (χ2n) is 2.60. The van der Waals surface area contributed by atoms with Crippen LogP contribution in [-0.2, 0) is 0 Å². The maximum atomic E-state index is 9.18. The number of hydrogen-bond acceptors (Lipinski definition) is 3. The molecular formula is C5H12N2O. The van der Waals surface area contributed by atoms with Crippen molar-refractivity contribution in [2.24, 2.45) is 11.5 Å². The predicted molar refractivity (Wildman–Crippen MR) is 31.2 cm³/mol. The van der Waals surface area contributed by atoms with Crippen molar-refractivity contribution < 1.29 is 5.11 Å². The lowest BCUT2D eigenvalue weighted by molar-refractivity contribution is -0.0375. The first-order valence-corrected chi connectivity index (χ1v) is 2.84. The van der Waals surface area contributed by atoms with Crippen molar-refractivity contribution in [3.05, 3.63) is 0 Å². The smallest absolute Gasteiger partial charge is 0.0798 e. The van der Waals surface area contributed by atoms with Crippen LogP contribution in [0.2, 0.25) is 0 Å². The molecule has 1 fully saturated rings. The van der Waals surface area contributed by atoms with Crippen molar-refractivity contribution in [1.29, 1.82) is 0 Å². The molecule has 1 aliphatic rings. The molecule has 0 radical (unpaired) electrons. The molecule has 1 rings (SSSR count). The van der Waals surface area contributed by atoms with E-state index >= 15 is 0 Å². The molecule has 0 heterocycles. The fourth-order valence-corrected chi connectivity index (χ4v) is 1.08. The van der Waals surface area contributed by atoms with Crippen LogP contribution in [0.25, 0.3) is 0 Å². The van der Waals surface area contributed by atoms with Crippen molar-refractivity contribution in [2.75, 3.05) is 6.54 Å². The second-order valence-corrected chi connectivity index (χ2v) is 2.60. The van der Waals surface area contributed by atoms with Gasteiger partial charge in [0, 0.05) is 12.6 Å². The fourth-order valence-electron chi connectivity index (χ4n) is 1.08. The summed E-state index contributed by atoms with van der Waals surface area (Å²) in [5.74, 6) is 0. The largest absolute Gasteiger partial charge is 0.388 e. The maximum Gasteiger partial charge on any atom is 0.0798 e. The van der Waals surface area contributed by atoms with E-state index in [4.69, 9.17) is 11.5 Å². The molecule has 3 nitrogen and oxygen atoms in total. The molecule has 0 amide bonds. The van der Waals surface area contributed by atoms with E-state index in [-0.39, 0.29) is 6.04 Å². The normalized spacial score (nSPS) is 46.1. The van der Waals surface area contributed by atoms with Crippen molar-refractivity contribution in [1.82, 2.24) is 0 Å². The summed E-state index contributed by atoms with van der Waals surface area (Å²) in [6.07, 6.45) is 1.34. The molecule has 0 bridgehead atoms. The van der Waals surface area contributed by atoms with E-state index < -0.39 is 5.60 Å². The molecule has 0 unspecified atom stereocenters. The van der Waals surface area contributed by atoms with Gasteiger partial charge < -0.3 is 16.6 Å². The highest BCUT2D eigenvalue weighted by Gasteiger charge is 2.38. The molecule has 0 aromatic carbocycles. The molecular weight excluding hydrogens is 104 g/mol. The summed E-state index contributed by atoms with van der Waals surface area (Å²) in [5, 5.41) is 9.18. The van der Waals surface area contributed by atoms with Crippen LogP contribution in [0.5, 0.6) is 0 Å². The van der Waals surface area contributed by atoms with Gasteiger partial charge in [0.05, 0.1) is 5.60 Å². The highest BCUT2D eigenvalue weighted by molar-refractivity contribution is 4.96. The van der Waals surface area contributed by atoms with E-state index in [2.05, 4.69) is 0 Å². The van der Waals surface area contributed by atoms with E-state index in [9.17, 15) is 5.11 Å². The van der Waals surface area contributed by atoms with Gasteiger partial charge in [-0.15, -0.1) is 0 Å². The van der Waals surface area contributed by atoms with Gasteiger partial charge in [-0.1, -0.05) is 0 Å². The second kappa shape index (κ2) is 1.69. The van der Waals surface area contributed by atoms with Gasteiger partial charge in [-0.3, -0.25) is 0 Å². The number of hydrogen-bond donors (Lipinski definition) is 3. The van der Waals surface area contributed by atoms with Gasteiger partial charge in [-0.25, -0.2) is 0 Å². The Morgan fingerprint density at radius 2 is 2.12 bits per heavy atom. The summed E-state index contributed by atoms with van der Waals surface area (Å²) >= 11 is 0. The zero-order valence-corrected chi connectivity index (χ0v) is 4.80. The third kappa shape index (κ3) is 0.844. The molecule has 0 aromatic rings. The summed E-state index contributed by atoms with van der Waals surface area (Å²) in [4.78, 5) is 0. The zero-order valence-electron chi connectivity index (χ0n) is 4.80. The van der Waals surface area contributed by atoms with Gasteiger partial charge in [0.15, 0.2) is 0 Å². The summed E-state index contributed by atoms with van der Waals surface area (Å²) in [7, 11) is 0. The van der Waals surface area contributed by atoms with Crippen LogP contribution in [0, 0.1) is 0 Å². The van der Waals surface area contributed by atoms with Crippen LogP contribution in [0.4, 0.5) is 0 Å². The fraction of sp³-hybridized carbons (Fsp3) is 1.00. The van der Waals surface area contributed by atoms with Crippen molar-refractivity contribution in [3.63, 3.8) is 0 Å². The SMILES string of the molecule is NCC1(O)CC(N)C1.